The molecule has 0 amide bonds. The number of ether oxygens (including phenoxy) is 1. The van der Waals surface area contributed by atoms with E-state index in [9.17, 15) is 4.79 Å². The highest BCUT2D eigenvalue weighted by molar-refractivity contribution is 5.89. The first-order valence-electron chi connectivity index (χ1n) is 8.41. The second-order valence-electron chi connectivity index (χ2n) is 5.86. The highest BCUT2D eigenvalue weighted by atomic mass is 16.5. The van der Waals surface area contributed by atoms with Crippen molar-refractivity contribution in [2.24, 2.45) is 0 Å². The smallest absolute Gasteiger partial charge is 0.337 e. The molecule has 0 atom stereocenters. The van der Waals surface area contributed by atoms with Crippen LogP contribution < -0.4 is 10.2 Å². The summed E-state index contributed by atoms with van der Waals surface area (Å²) in [6.07, 6.45) is 6.07. The van der Waals surface area contributed by atoms with Crippen LogP contribution in [0.4, 0.5) is 17.5 Å². The average molecular weight is 364 g/mol. The minimum absolute atomic E-state index is 0.378. The molecule has 0 spiro atoms. The van der Waals surface area contributed by atoms with Crippen LogP contribution in [-0.4, -0.2) is 46.8 Å². The molecule has 0 aliphatic rings. The summed E-state index contributed by atoms with van der Waals surface area (Å²) in [4.78, 5) is 22.0. The zero-order chi connectivity index (χ0) is 19.1. The maximum atomic E-state index is 11.5. The Hall–Kier alpha value is -3.55. The Bertz CT molecular complexity index is 886. The van der Waals surface area contributed by atoms with Crippen molar-refractivity contribution in [1.82, 2.24) is 20.2 Å². The summed E-state index contributed by atoms with van der Waals surface area (Å²) in [6, 6.07) is 10.9. The van der Waals surface area contributed by atoms with Crippen molar-refractivity contribution in [3.8, 4) is 0 Å². The Labute approximate surface area is 157 Å². The number of hydrogen-bond acceptors (Lipinski definition) is 8. The van der Waals surface area contributed by atoms with Gasteiger partial charge in [0.1, 0.15) is 0 Å². The molecule has 2 aromatic heterocycles. The van der Waals surface area contributed by atoms with Crippen LogP contribution in [0, 0.1) is 0 Å². The van der Waals surface area contributed by atoms with Gasteiger partial charge in [-0.15, -0.1) is 5.10 Å². The molecule has 0 saturated heterocycles. The first-order chi connectivity index (χ1) is 13.2. The van der Waals surface area contributed by atoms with Crippen LogP contribution in [0.15, 0.2) is 55.0 Å². The van der Waals surface area contributed by atoms with Crippen molar-refractivity contribution in [3.63, 3.8) is 0 Å². The number of pyridine rings is 1. The lowest BCUT2D eigenvalue weighted by Gasteiger charge is -2.18. The van der Waals surface area contributed by atoms with Crippen molar-refractivity contribution >= 4 is 23.4 Å². The van der Waals surface area contributed by atoms with E-state index >= 15 is 0 Å². The van der Waals surface area contributed by atoms with Crippen LogP contribution in [0.25, 0.3) is 0 Å². The number of benzene rings is 1. The predicted molar refractivity (Wildman–Crippen MR) is 102 cm³/mol. The molecule has 0 radical (unpaired) electrons. The molecule has 0 bridgehead atoms. The standard InChI is InChI=1S/C19H20N6O2/c1-25(12-9-14-7-10-20-11-8-14)17-13-21-24-19(23-17)22-16-5-3-15(4-6-16)18(26)27-2/h3-8,10-11,13H,9,12H2,1-2H3,(H,22,23,24). The van der Waals surface area contributed by atoms with Crippen molar-refractivity contribution in [1.29, 1.82) is 0 Å². The number of carbonyl (C=O) groups is 1. The van der Waals surface area contributed by atoms with Gasteiger partial charge < -0.3 is 15.0 Å². The lowest BCUT2D eigenvalue weighted by Crippen LogP contribution is -2.22. The molecular formula is C19H20N6O2. The first kappa shape index (κ1) is 18.2. The Kier molecular flexibility index (Phi) is 5.88. The molecule has 138 valence electrons. The Morgan fingerprint density at radius 1 is 1.15 bits per heavy atom. The monoisotopic (exact) mass is 364 g/mol. The third-order valence-electron chi connectivity index (χ3n) is 3.98. The summed E-state index contributed by atoms with van der Waals surface area (Å²) >= 11 is 0. The quantitative estimate of drug-likeness (QED) is 0.639. The number of nitrogens with one attached hydrogen (secondary N) is 1. The van der Waals surface area contributed by atoms with Gasteiger partial charge in [-0.2, -0.15) is 10.1 Å². The van der Waals surface area contributed by atoms with Gasteiger partial charge in [-0.25, -0.2) is 4.79 Å². The molecule has 0 aliphatic heterocycles. The fraction of sp³-hybridized carbons (Fsp3) is 0.211. The molecule has 0 aliphatic carbocycles. The lowest BCUT2D eigenvalue weighted by atomic mass is 10.2. The van der Waals surface area contributed by atoms with Crippen LogP contribution in [0.1, 0.15) is 15.9 Å². The number of rotatable bonds is 7. The summed E-state index contributed by atoms with van der Waals surface area (Å²) in [7, 11) is 3.31. The van der Waals surface area contributed by atoms with Gasteiger partial charge in [0.2, 0.25) is 5.95 Å². The zero-order valence-electron chi connectivity index (χ0n) is 15.2. The molecule has 27 heavy (non-hydrogen) atoms. The van der Waals surface area contributed by atoms with Gasteiger partial charge >= 0.3 is 5.97 Å². The van der Waals surface area contributed by atoms with Crippen LogP contribution >= 0.6 is 0 Å². The van der Waals surface area contributed by atoms with Crippen molar-refractivity contribution in [2.45, 2.75) is 6.42 Å². The van der Waals surface area contributed by atoms with E-state index in [0.717, 1.165) is 18.7 Å². The van der Waals surface area contributed by atoms with Gasteiger partial charge in [0.15, 0.2) is 5.82 Å². The minimum Gasteiger partial charge on any atom is -0.465 e. The molecule has 0 saturated carbocycles. The topological polar surface area (TPSA) is 93.1 Å². The highest BCUT2D eigenvalue weighted by Crippen LogP contribution is 2.16. The van der Waals surface area contributed by atoms with E-state index in [1.165, 1.54) is 12.7 Å². The van der Waals surface area contributed by atoms with Gasteiger partial charge in [-0.1, -0.05) is 0 Å². The van der Waals surface area contributed by atoms with E-state index in [2.05, 4.69) is 30.2 Å². The van der Waals surface area contributed by atoms with Crippen LogP contribution in [-0.2, 0) is 11.2 Å². The summed E-state index contributed by atoms with van der Waals surface area (Å²) < 4.78 is 4.69. The molecule has 1 N–H and O–H groups in total. The third-order valence-corrected chi connectivity index (χ3v) is 3.98. The highest BCUT2D eigenvalue weighted by Gasteiger charge is 2.08. The molecule has 3 aromatic rings. The maximum absolute atomic E-state index is 11.5. The fourth-order valence-electron chi connectivity index (χ4n) is 2.43. The summed E-state index contributed by atoms with van der Waals surface area (Å²) in [5.74, 6) is 0.721. The van der Waals surface area contributed by atoms with E-state index in [1.54, 1.807) is 42.9 Å². The van der Waals surface area contributed by atoms with Crippen LogP contribution in [0.5, 0.6) is 0 Å². The molecule has 3 rings (SSSR count). The Balaban J connectivity index is 1.63. The molecule has 8 nitrogen and oxygen atoms in total. The second kappa shape index (κ2) is 8.70. The van der Waals surface area contributed by atoms with E-state index in [1.807, 2.05) is 24.1 Å². The third kappa shape index (κ3) is 4.97. The molecule has 0 fully saturated rings. The maximum Gasteiger partial charge on any atom is 0.337 e. The predicted octanol–water partition coefficient (Wildman–Crippen LogP) is 2.48. The molecular weight excluding hydrogens is 344 g/mol. The van der Waals surface area contributed by atoms with Gasteiger partial charge in [0.25, 0.3) is 0 Å². The number of nitrogens with zero attached hydrogens (tertiary/aromatic N) is 5. The van der Waals surface area contributed by atoms with Gasteiger partial charge in [-0.05, 0) is 48.4 Å². The van der Waals surface area contributed by atoms with Gasteiger partial charge in [0, 0.05) is 31.7 Å². The number of esters is 1. The SMILES string of the molecule is COC(=O)c1ccc(Nc2nncc(N(C)CCc3ccncc3)n2)cc1. The van der Waals surface area contributed by atoms with Crippen molar-refractivity contribution in [2.75, 3.05) is 30.9 Å². The van der Waals surface area contributed by atoms with E-state index < -0.39 is 0 Å². The number of carbonyl (C=O) groups excluding carboxylic acids is 1. The fourth-order valence-corrected chi connectivity index (χ4v) is 2.43. The number of aromatic nitrogens is 4. The minimum atomic E-state index is -0.378. The van der Waals surface area contributed by atoms with E-state index in [-0.39, 0.29) is 5.97 Å². The van der Waals surface area contributed by atoms with E-state index in [4.69, 9.17) is 0 Å². The Morgan fingerprint density at radius 3 is 2.59 bits per heavy atom. The molecule has 8 heteroatoms. The largest absolute Gasteiger partial charge is 0.465 e. The second-order valence-corrected chi connectivity index (χ2v) is 5.86. The summed E-state index contributed by atoms with van der Waals surface area (Å²) in [5, 5.41) is 11.1. The number of methoxy groups -OCH3 is 1. The lowest BCUT2D eigenvalue weighted by molar-refractivity contribution is 0.0601. The zero-order valence-corrected chi connectivity index (χ0v) is 15.2. The summed E-state index contributed by atoms with van der Waals surface area (Å²) in [5.41, 5.74) is 2.44. The molecule has 1 aromatic carbocycles. The number of anilines is 3. The van der Waals surface area contributed by atoms with Crippen molar-refractivity contribution in [3.05, 3.63) is 66.1 Å². The Morgan fingerprint density at radius 2 is 1.89 bits per heavy atom. The van der Waals surface area contributed by atoms with Crippen molar-refractivity contribution < 1.29 is 9.53 Å². The molecule has 0 unspecified atom stereocenters. The van der Waals surface area contributed by atoms with Gasteiger partial charge in [0.05, 0.1) is 18.9 Å². The van der Waals surface area contributed by atoms with E-state index in [0.29, 0.717) is 17.3 Å². The van der Waals surface area contributed by atoms with Gasteiger partial charge in [-0.3, -0.25) is 4.98 Å². The normalized spacial score (nSPS) is 10.3. The van der Waals surface area contributed by atoms with Crippen LogP contribution in [0.3, 0.4) is 0 Å². The first-order valence-corrected chi connectivity index (χ1v) is 8.41. The average Bonchev–Trinajstić information content (AvgIpc) is 2.73. The van der Waals surface area contributed by atoms with Crippen LogP contribution in [0.2, 0.25) is 0 Å². The number of hydrogen-bond donors (Lipinski definition) is 1. The summed E-state index contributed by atoms with van der Waals surface area (Å²) in [6.45, 7) is 0.788. The number of likely N-dealkylation sites (N-methyl/N-ethyl adjacent to an activating group) is 1. The molecule has 2 heterocycles.